The van der Waals surface area contributed by atoms with Crippen LogP contribution in [0.1, 0.15) is 84.0 Å². The molecular weight excluding hydrogens is 306 g/mol. The molecule has 140 valence electrons. The van der Waals surface area contributed by atoms with E-state index in [0.29, 0.717) is 0 Å². The zero-order valence-electron chi connectivity index (χ0n) is 16.4. The zero-order chi connectivity index (χ0) is 18.0. The minimum atomic E-state index is -0.104. The number of hydrogen-bond acceptors (Lipinski definition) is 2. The van der Waals surface area contributed by atoms with Gasteiger partial charge in [0.25, 0.3) is 0 Å². The van der Waals surface area contributed by atoms with Gasteiger partial charge in [-0.1, -0.05) is 63.7 Å². The van der Waals surface area contributed by atoms with E-state index in [1.807, 2.05) is 25.3 Å². The lowest BCUT2D eigenvalue weighted by Gasteiger charge is -2.42. The highest BCUT2D eigenvalue weighted by atomic mass is 16.5. The number of unbranched alkanes of at least 4 members (excludes halogenated alkanes) is 2. The number of hydrogen-bond donors (Lipinski definition) is 0. The Morgan fingerprint density at radius 2 is 1.68 bits per heavy atom. The largest absolute Gasteiger partial charge is 0.374 e. The Morgan fingerprint density at radius 1 is 1.00 bits per heavy atom. The minimum absolute atomic E-state index is 0.104. The van der Waals surface area contributed by atoms with Crippen LogP contribution in [0.3, 0.4) is 0 Å². The van der Waals surface area contributed by atoms with E-state index in [1.165, 1.54) is 70.3 Å². The molecule has 0 saturated heterocycles. The molecule has 2 aliphatic rings. The molecule has 0 aliphatic heterocycles. The molecule has 0 amide bonds. The molecule has 0 radical (unpaired) electrons. The van der Waals surface area contributed by atoms with Crippen molar-refractivity contribution in [1.29, 1.82) is 5.26 Å². The molecule has 2 rings (SSSR count). The second-order valence-corrected chi connectivity index (χ2v) is 8.23. The third-order valence-corrected chi connectivity index (χ3v) is 6.74. The van der Waals surface area contributed by atoms with E-state index >= 15 is 0 Å². The Labute approximate surface area is 155 Å². The molecule has 0 aromatic heterocycles. The predicted molar refractivity (Wildman–Crippen MR) is 105 cm³/mol. The molecule has 2 nitrogen and oxygen atoms in total. The fourth-order valence-electron chi connectivity index (χ4n) is 5.00. The van der Waals surface area contributed by atoms with Crippen LogP contribution >= 0.6 is 0 Å². The summed E-state index contributed by atoms with van der Waals surface area (Å²) in [5, 5.41) is 8.58. The van der Waals surface area contributed by atoms with Crippen molar-refractivity contribution in [3.05, 3.63) is 24.3 Å². The van der Waals surface area contributed by atoms with Crippen molar-refractivity contribution in [2.24, 2.45) is 17.8 Å². The normalized spacial score (nSPS) is 33.7. The maximum absolute atomic E-state index is 8.58. The van der Waals surface area contributed by atoms with Crippen molar-refractivity contribution in [3.63, 3.8) is 0 Å². The molecule has 0 heterocycles. The van der Waals surface area contributed by atoms with Crippen LogP contribution in [0.5, 0.6) is 0 Å². The van der Waals surface area contributed by atoms with Crippen LogP contribution in [0.4, 0.5) is 0 Å². The molecular formula is C23H37NO. The van der Waals surface area contributed by atoms with Crippen LogP contribution in [0.15, 0.2) is 24.3 Å². The average Bonchev–Trinajstić information content (AvgIpc) is 2.67. The highest BCUT2D eigenvalue weighted by Crippen LogP contribution is 2.44. The number of allylic oxidation sites excluding steroid dienone is 3. The molecule has 0 atom stereocenters. The van der Waals surface area contributed by atoms with Gasteiger partial charge < -0.3 is 4.74 Å². The zero-order valence-corrected chi connectivity index (χ0v) is 16.4. The molecule has 2 aliphatic carbocycles. The second-order valence-electron chi connectivity index (χ2n) is 8.23. The van der Waals surface area contributed by atoms with E-state index in [1.54, 1.807) is 0 Å². The standard InChI is InChI=1S/C23H37NO/c1-3-4-6-9-20-10-12-21(13-11-20)22-14-17-23(25-2,18-15-22)16-7-5-8-19-24/h5,7-8,16,20-22H,3-4,6,9-15,17-18H2,1-2H3/t20-,21-,22-,23+. The summed E-state index contributed by atoms with van der Waals surface area (Å²) < 4.78 is 5.86. The highest BCUT2D eigenvalue weighted by Gasteiger charge is 2.36. The first-order chi connectivity index (χ1) is 12.2. The first-order valence-corrected chi connectivity index (χ1v) is 10.5. The van der Waals surface area contributed by atoms with Crippen LogP contribution in [-0.2, 0) is 4.74 Å². The van der Waals surface area contributed by atoms with Crippen molar-refractivity contribution >= 4 is 0 Å². The van der Waals surface area contributed by atoms with Gasteiger partial charge in [0.1, 0.15) is 0 Å². The first kappa shape index (κ1) is 20.2. The molecule has 0 bridgehead atoms. The minimum Gasteiger partial charge on any atom is -0.374 e. The van der Waals surface area contributed by atoms with Crippen molar-refractivity contribution < 1.29 is 4.74 Å². The molecule has 0 unspecified atom stereocenters. The first-order valence-electron chi connectivity index (χ1n) is 10.5. The summed E-state index contributed by atoms with van der Waals surface area (Å²) >= 11 is 0. The van der Waals surface area contributed by atoms with Crippen LogP contribution < -0.4 is 0 Å². The SMILES string of the molecule is CCCCC[C@H]1CC[C@H]([C@H]2CC[C@@](C=CC=CC#N)(OC)CC2)CC1. The summed E-state index contributed by atoms with van der Waals surface area (Å²) in [6.07, 6.45) is 23.9. The van der Waals surface area contributed by atoms with Gasteiger partial charge in [0, 0.05) is 13.2 Å². The van der Waals surface area contributed by atoms with Crippen LogP contribution in [-0.4, -0.2) is 12.7 Å². The predicted octanol–water partition coefficient (Wildman–Crippen LogP) is 6.58. The highest BCUT2D eigenvalue weighted by molar-refractivity contribution is 5.16. The van der Waals surface area contributed by atoms with E-state index in [9.17, 15) is 0 Å². The third kappa shape index (κ3) is 6.30. The number of nitrogens with zero attached hydrogens (tertiary/aromatic N) is 1. The van der Waals surface area contributed by atoms with E-state index in [2.05, 4.69) is 13.0 Å². The second kappa shape index (κ2) is 10.8. The van der Waals surface area contributed by atoms with Crippen molar-refractivity contribution in [2.45, 2.75) is 89.6 Å². The number of ether oxygens (including phenoxy) is 1. The summed E-state index contributed by atoms with van der Waals surface area (Å²) in [5.74, 6) is 2.88. The van der Waals surface area contributed by atoms with Gasteiger partial charge in [-0.2, -0.15) is 5.26 Å². The Hall–Kier alpha value is -1.07. The molecule has 0 aromatic rings. The fraction of sp³-hybridized carbons (Fsp3) is 0.783. The van der Waals surface area contributed by atoms with Crippen LogP contribution in [0.25, 0.3) is 0 Å². The van der Waals surface area contributed by atoms with Crippen LogP contribution in [0.2, 0.25) is 0 Å². The van der Waals surface area contributed by atoms with Gasteiger partial charge in [0.15, 0.2) is 0 Å². The van der Waals surface area contributed by atoms with Crippen LogP contribution in [0, 0.1) is 29.1 Å². The lowest BCUT2D eigenvalue weighted by Crippen LogP contribution is -2.36. The smallest absolute Gasteiger partial charge is 0.0912 e. The summed E-state index contributed by atoms with van der Waals surface area (Å²) in [6.45, 7) is 2.30. The number of methoxy groups -OCH3 is 1. The summed E-state index contributed by atoms with van der Waals surface area (Å²) in [6, 6.07) is 2.03. The van der Waals surface area contributed by atoms with Gasteiger partial charge in [-0.25, -0.2) is 0 Å². The van der Waals surface area contributed by atoms with E-state index in [-0.39, 0.29) is 5.60 Å². The maximum Gasteiger partial charge on any atom is 0.0912 e. The van der Waals surface area contributed by atoms with Gasteiger partial charge in [-0.15, -0.1) is 0 Å². The summed E-state index contributed by atoms with van der Waals surface area (Å²) in [5.41, 5.74) is -0.104. The van der Waals surface area contributed by atoms with Crippen molar-refractivity contribution in [3.8, 4) is 6.07 Å². The van der Waals surface area contributed by atoms with Gasteiger partial charge in [0.2, 0.25) is 0 Å². The van der Waals surface area contributed by atoms with Gasteiger partial charge in [-0.3, -0.25) is 0 Å². The molecule has 2 saturated carbocycles. The Kier molecular flexibility index (Phi) is 8.76. The topological polar surface area (TPSA) is 33.0 Å². The lowest BCUT2D eigenvalue weighted by atomic mass is 9.67. The van der Waals surface area contributed by atoms with Crippen molar-refractivity contribution in [1.82, 2.24) is 0 Å². The van der Waals surface area contributed by atoms with Crippen molar-refractivity contribution in [2.75, 3.05) is 7.11 Å². The summed E-state index contributed by atoms with van der Waals surface area (Å²) in [4.78, 5) is 0. The Bertz CT molecular complexity index is 457. The monoisotopic (exact) mass is 343 g/mol. The summed E-state index contributed by atoms with van der Waals surface area (Å²) in [7, 11) is 1.83. The number of rotatable bonds is 8. The third-order valence-electron chi connectivity index (χ3n) is 6.74. The van der Waals surface area contributed by atoms with E-state index < -0.39 is 0 Å². The van der Waals surface area contributed by atoms with E-state index in [4.69, 9.17) is 10.00 Å². The molecule has 25 heavy (non-hydrogen) atoms. The molecule has 0 aromatic carbocycles. The van der Waals surface area contributed by atoms with Gasteiger partial charge >= 0.3 is 0 Å². The number of nitriles is 1. The molecule has 0 spiro atoms. The Morgan fingerprint density at radius 3 is 2.28 bits per heavy atom. The van der Waals surface area contributed by atoms with Gasteiger partial charge in [0.05, 0.1) is 11.7 Å². The lowest BCUT2D eigenvalue weighted by molar-refractivity contribution is -0.0201. The quantitative estimate of drug-likeness (QED) is 0.283. The van der Waals surface area contributed by atoms with E-state index in [0.717, 1.165) is 30.6 Å². The average molecular weight is 344 g/mol. The molecule has 0 N–H and O–H groups in total. The fourth-order valence-corrected chi connectivity index (χ4v) is 5.00. The Balaban J connectivity index is 1.75. The molecule has 2 fully saturated rings. The van der Waals surface area contributed by atoms with Gasteiger partial charge in [-0.05, 0) is 56.3 Å². The maximum atomic E-state index is 8.58. The molecule has 2 heteroatoms.